The van der Waals surface area contributed by atoms with E-state index in [4.69, 9.17) is 9.47 Å². The lowest BCUT2D eigenvalue weighted by atomic mass is 10.2. The molecule has 32 heavy (non-hydrogen) atoms. The molecule has 1 aliphatic heterocycles. The van der Waals surface area contributed by atoms with Gasteiger partial charge in [0.1, 0.15) is 11.4 Å². The minimum absolute atomic E-state index is 0.258. The zero-order chi connectivity index (χ0) is 23.3. The maximum atomic E-state index is 12.6. The first-order valence-corrected chi connectivity index (χ1v) is 10.9. The largest absolute Gasteiger partial charge is 0.503 e. The van der Waals surface area contributed by atoms with Crippen molar-refractivity contribution in [2.75, 3.05) is 32.8 Å². The number of hydrogen-bond donors (Lipinski definition) is 1. The van der Waals surface area contributed by atoms with Gasteiger partial charge < -0.3 is 19.5 Å². The van der Waals surface area contributed by atoms with E-state index in [2.05, 4.69) is 10.00 Å². The van der Waals surface area contributed by atoms with Crippen LogP contribution in [0.25, 0.3) is 0 Å². The second-order valence-electron chi connectivity index (χ2n) is 8.80. The number of benzene rings is 1. The molecule has 3 rings (SSSR count). The molecule has 0 bridgehead atoms. The number of nitrogens with zero attached hydrogens (tertiary/aromatic N) is 4. The topological polar surface area (TPSA) is 97.1 Å². The van der Waals surface area contributed by atoms with Crippen LogP contribution in [0, 0.1) is 0 Å². The van der Waals surface area contributed by atoms with Gasteiger partial charge in [-0.15, -0.1) is 0 Å². The molecule has 1 fully saturated rings. The molecule has 2 aromatic rings. The number of aromatic hydroxyl groups is 1. The van der Waals surface area contributed by atoms with Gasteiger partial charge in [0.2, 0.25) is 0 Å². The van der Waals surface area contributed by atoms with E-state index in [-0.39, 0.29) is 18.4 Å². The van der Waals surface area contributed by atoms with E-state index in [9.17, 15) is 14.7 Å². The predicted molar refractivity (Wildman–Crippen MR) is 120 cm³/mol. The van der Waals surface area contributed by atoms with Crippen LogP contribution in [-0.4, -0.2) is 69.2 Å². The van der Waals surface area contributed by atoms with Crippen LogP contribution in [0.3, 0.4) is 0 Å². The number of aromatic nitrogens is 2. The maximum Gasteiger partial charge on any atom is 0.410 e. The van der Waals surface area contributed by atoms with Crippen LogP contribution in [0.5, 0.6) is 11.5 Å². The Bertz CT molecular complexity index is 973. The predicted octanol–water partition coefficient (Wildman–Crippen LogP) is 2.45. The molecule has 1 aromatic carbocycles. The molecule has 0 spiro atoms. The Morgan fingerprint density at radius 3 is 2.34 bits per heavy atom. The molecule has 9 heteroatoms. The van der Waals surface area contributed by atoms with Crippen LogP contribution in [0.4, 0.5) is 4.79 Å². The first kappa shape index (κ1) is 23.6. The van der Waals surface area contributed by atoms with E-state index in [1.165, 1.54) is 10.9 Å². The van der Waals surface area contributed by atoms with E-state index < -0.39 is 11.2 Å². The number of carbonyl (C=O) groups excluding carboxylic acids is 1. The van der Waals surface area contributed by atoms with Crippen molar-refractivity contribution < 1.29 is 19.4 Å². The van der Waals surface area contributed by atoms with Crippen LogP contribution >= 0.6 is 0 Å². The first-order chi connectivity index (χ1) is 15.2. The summed E-state index contributed by atoms with van der Waals surface area (Å²) in [6, 6.07) is 7.42. The van der Waals surface area contributed by atoms with Gasteiger partial charge in [-0.05, 0) is 45.4 Å². The molecule has 9 nitrogen and oxygen atoms in total. The first-order valence-electron chi connectivity index (χ1n) is 10.9. The standard InChI is InChI=1S/C23H32N4O5/c1-5-31-19-8-6-17(7-9-19)15-27-21(29)20(28)18(14-24-27)16-25-10-12-26(13-11-25)22(30)32-23(2,3)4/h6-9,14,28H,5,10-13,15-16H2,1-4H3. The van der Waals surface area contributed by atoms with Crippen LogP contribution in [0.2, 0.25) is 0 Å². The highest BCUT2D eigenvalue weighted by atomic mass is 16.6. The van der Waals surface area contributed by atoms with Crippen molar-refractivity contribution in [3.05, 3.63) is 51.9 Å². The Balaban J connectivity index is 1.59. The van der Waals surface area contributed by atoms with Crippen molar-refractivity contribution in [2.24, 2.45) is 0 Å². The molecule has 2 heterocycles. The van der Waals surface area contributed by atoms with Gasteiger partial charge in [0.25, 0.3) is 0 Å². The number of rotatable bonds is 6. The third kappa shape index (κ3) is 6.23. The monoisotopic (exact) mass is 444 g/mol. The van der Waals surface area contributed by atoms with E-state index >= 15 is 0 Å². The minimum Gasteiger partial charge on any atom is -0.503 e. The quantitative estimate of drug-likeness (QED) is 0.731. The molecule has 0 unspecified atom stereocenters. The molecular weight excluding hydrogens is 412 g/mol. The lowest BCUT2D eigenvalue weighted by Crippen LogP contribution is -2.49. The average molecular weight is 445 g/mol. The number of carbonyl (C=O) groups is 1. The van der Waals surface area contributed by atoms with E-state index in [1.807, 2.05) is 52.0 Å². The molecule has 1 saturated heterocycles. The Labute approximate surface area is 188 Å². The van der Waals surface area contributed by atoms with Gasteiger partial charge in [0, 0.05) is 38.3 Å². The summed E-state index contributed by atoms with van der Waals surface area (Å²) in [5.74, 6) is 0.474. The Morgan fingerprint density at radius 1 is 1.09 bits per heavy atom. The zero-order valence-corrected chi connectivity index (χ0v) is 19.2. The highest BCUT2D eigenvalue weighted by Gasteiger charge is 2.26. The van der Waals surface area contributed by atoms with E-state index in [1.54, 1.807) is 4.90 Å². The Morgan fingerprint density at radius 2 is 1.75 bits per heavy atom. The summed E-state index contributed by atoms with van der Waals surface area (Å²) in [5, 5.41) is 14.7. The molecule has 0 atom stereocenters. The van der Waals surface area contributed by atoms with Gasteiger partial charge in [-0.1, -0.05) is 12.1 Å². The lowest BCUT2D eigenvalue weighted by molar-refractivity contribution is 0.0138. The van der Waals surface area contributed by atoms with Gasteiger partial charge in [-0.3, -0.25) is 9.69 Å². The molecule has 1 aromatic heterocycles. The number of piperazine rings is 1. The van der Waals surface area contributed by atoms with Crippen molar-refractivity contribution in [1.82, 2.24) is 19.6 Å². The summed E-state index contributed by atoms with van der Waals surface area (Å²) in [7, 11) is 0. The molecule has 0 radical (unpaired) electrons. The van der Waals surface area contributed by atoms with E-state index in [0.717, 1.165) is 11.3 Å². The molecule has 174 valence electrons. The highest BCUT2D eigenvalue weighted by Crippen LogP contribution is 2.17. The van der Waals surface area contributed by atoms with Crippen molar-refractivity contribution >= 4 is 6.09 Å². The summed E-state index contributed by atoms with van der Waals surface area (Å²) in [6.07, 6.45) is 1.21. The fourth-order valence-corrected chi connectivity index (χ4v) is 3.43. The Hall–Kier alpha value is -3.07. The normalized spacial score (nSPS) is 14.9. The highest BCUT2D eigenvalue weighted by molar-refractivity contribution is 5.68. The van der Waals surface area contributed by atoms with Crippen molar-refractivity contribution in [2.45, 2.75) is 46.4 Å². The van der Waals surface area contributed by atoms with Crippen molar-refractivity contribution in [3.63, 3.8) is 0 Å². The fraction of sp³-hybridized carbons (Fsp3) is 0.522. The van der Waals surface area contributed by atoms with Crippen LogP contribution in [0.1, 0.15) is 38.8 Å². The SMILES string of the molecule is CCOc1ccc(Cn2ncc(CN3CCN(C(=O)OC(C)(C)C)CC3)c(O)c2=O)cc1. The molecule has 0 saturated carbocycles. The number of ether oxygens (including phenoxy) is 2. The third-order valence-corrected chi connectivity index (χ3v) is 5.08. The summed E-state index contributed by atoms with van der Waals surface area (Å²) >= 11 is 0. The van der Waals surface area contributed by atoms with Gasteiger partial charge in [0.05, 0.1) is 19.3 Å². The third-order valence-electron chi connectivity index (χ3n) is 5.08. The van der Waals surface area contributed by atoms with E-state index in [0.29, 0.717) is 44.9 Å². The average Bonchev–Trinajstić information content (AvgIpc) is 2.74. The van der Waals surface area contributed by atoms with Gasteiger partial charge in [-0.2, -0.15) is 5.10 Å². The van der Waals surface area contributed by atoms with Gasteiger partial charge in [0.15, 0.2) is 5.75 Å². The molecule has 1 amide bonds. The summed E-state index contributed by atoms with van der Waals surface area (Å²) < 4.78 is 12.1. The second-order valence-corrected chi connectivity index (χ2v) is 8.80. The summed E-state index contributed by atoms with van der Waals surface area (Å²) in [5.41, 5.74) is 0.307. The molecule has 1 aliphatic rings. The van der Waals surface area contributed by atoms with Crippen LogP contribution < -0.4 is 10.3 Å². The summed E-state index contributed by atoms with van der Waals surface area (Å²) in [4.78, 5) is 28.6. The zero-order valence-electron chi connectivity index (χ0n) is 19.2. The minimum atomic E-state index is -0.527. The molecule has 1 N–H and O–H groups in total. The maximum absolute atomic E-state index is 12.6. The number of hydrogen-bond acceptors (Lipinski definition) is 7. The van der Waals surface area contributed by atoms with Gasteiger partial charge in [-0.25, -0.2) is 9.48 Å². The van der Waals surface area contributed by atoms with Crippen molar-refractivity contribution in [1.29, 1.82) is 0 Å². The molecule has 0 aliphatic carbocycles. The number of amides is 1. The summed E-state index contributed by atoms with van der Waals surface area (Å²) in [6.45, 7) is 11.0. The van der Waals surface area contributed by atoms with Gasteiger partial charge >= 0.3 is 11.7 Å². The Kier molecular flexibility index (Phi) is 7.40. The van der Waals surface area contributed by atoms with Crippen molar-refractivity contribution in [3.8, 4) is 11.5 Å². The van der Waals surface area contributed by atoms with Crippen LogP contribution in [-0.2, 0) is 17.8 Å². The second kappa shape index (κ2) is 10.0. The van der Waals surface area contributed by atoms with Crippen LogP contribution in [0.15, 0.2) is 35.3 Å². The fourth-order valence-electron chi connectivity index (χ4n) is 3.43. The smallest absolute Gasteiger partial charge is 0.410 e. The molecular formula is C23H32N4O5. The lowest BCUT2D eigenvalue weighted by Gasteiger charge is -2.35.